The number of benzene rings is 9. The minimum atomic E-state index is -0.0993. The lowest BCUT2D eigenvalue weighted by molar-refractivity contribution is 0.660. The SMILES string of the molecule is CC1(C)c2ccccc2-c2cc(-c3nc(-c4ccccc4)nc(-c4ccc(-c5ccccc5)c(-n5c6ccccc6c6cc(-c7cccc8oc9ccccc9c78)ccc65)c4)n3)ccc21. The van der Waals surface area contributed by atoms with Gasteiger partial charge in [0.05, 0.1) is 16.7 Å². The zero-order valence-corrected chi connectivity index (χ0v) is 35.8. The standard InChI is InChI=1S/C60H40N4O/c1-60(2)49-24-12-9-20-44(49)47-35-40(29-32-50(47)60)58-61-57(38-18-7-4-8-19-38)62-59(63-58)41-28-31-42(37-16-5-3-6-17-37)53(36-41)64-51-25-13-10-21-45(51)48-34-39(30-33-52(48)64)43-23-15-27-55-56(43)46-22-11-14-26-54(46)65-55/h3-36H,1-2H3. The Morgan fingerprint density at radius 1 is 0.369 bits per heavy atom. The van der Waals surface area contributed by atoms with Gasteiger partial charge in [-0.3, -0.25) is 0 Å². The van der Waals surface area contributed by atoms with Gasteiger partial charge in [0.25, 0.3) is 0 Å². The van der Waals surface area contributed by atoms with Crippen LogP contribution in [0, 0.1) is 0 Å². The maximum atomic E-state index is 6.32. The van der Waals surface area contributed by atoms with Crippen LogP contribution in [0.5, 0.6) is 0 Å². The lowest BCUT2D eigenvalue weighted by Crippen LogP contribution is -2.14. The first-order valence-corrected chi connectivity index (χ1v) is 22.2. The highest BCUT2D eigenvalue weighted by Gasteiger charge is 2.35. The molecule has 0 atom stereocenters. The lowest BCUT2D eigenvalue weighted by Gasteiger charge is -2.21. The molecule has 12 aromatic rings. The van der Waals surface area contributed by atoms with E-state index in [9.17, 15) is 0 Å². The predicted octanol–water partition coefficient (Wildman–Crippen LogP) is 15.5. The van der Waals surface area contributed by atoms with Crippen LogP contribution in [0.2, 0.25) is 0 Å². The minimum absolute atomic E-state index is 0.0993. The Balaban J connectivity index is 1.02. The van der Waals surface area contributed by atoms with Crippen LogP contribution in [0.25, 0.3) is 117 Å². The molecule has 9 aromatic carbocycles. The van der Waals surface area contributed by atoms with Crippen molar-refractivity contribution in [3.05, 3.63) is 217 Å². The fourth-order valence-electron chi connectivity index (χ4n) is 10.3. The fourth-order valence-corrected chi connectivity index (χ4v) is 10.3. The second kappa shape index (κ2) is 14.3. The molecule has 0 fully saturated rings. The van der Waals surface area contributed by atoms with Crippen LogP contribution in [0.15, 0.2) is 211 Å². The van der Waals surface area contributed by atoms with E-state index < -0.39 is 0 Å². The van der Waals surface area contributed by atoms with Crippen LogP contribution >= 0.6 is 0 Å². The third kappa shape index (κ3) is 5.82. The van der Waals surface area contributed by atoms with Crippen LogP contribution in [-0.2, 0) is 5.41 Å². The van der Waals surface area contributed by atoms with Crippen LogP contribution in [0.1, 0.15) is 25.0 Å². The van der Waals surface area contributed by atoms with Crippen molar-refractivity contribution in [2.75, 3.05) is 0 Å². The molecule has 0 amide bonds. The molecule has 3 aromatic heterocycles. The summed E-state index contributed by atoms with van der Waals surface area (Å²) in [5.74, 6) is 1.88. The molecule has 1 aliphatic rings. The van der Waals surface area contributed by atoms with Crippen molar-refractivity contribution in [3.63, 3.8) is 0 Å². The van der Waals surface area contributed by atoms with Gasteiger partial charge in [-0.25, -0.2) is 15.0 Å². The smallest absolute Gasteiger partial charge is 0.164 e. The van der Waals surface area contributed by atoms with Gasteiger partial charge in [-0.1, -0.05) is 178 Å². The minimum Gasteiger partial charge on any atom is -0.456 e. The Kier molecular flexibility index (Phi) is 8.18. The molecule has 0 radical (unpaired) electrons. The Morgan fingerprint density at radius 2 is 0.954 bits per heavy atom. The van der Waals surface area contributed by atoms with Crippen molar-refractivity contribution in [1.29, 1.82) is 0 Å². The van der Waals surface area contributed by atoms with Gasteiger partial charge in [0, 0.05) is 49.2 Å². The van der Waals surface area contributed by atoms with Crippen LogP contribution in [0.4, 0.5) is 0 Å². The molecule has 65 heavy (non-hydrogen) atoms. The molecule has 3 heterocycles. The van der Waals surface area contributed by atoms with E-state index in [4.69, 9.17) is 19.4 Å². The maximum absolute atomic E-state index is 6.32. The van der Waals surface area contributed by atoms with Gasteiger partial charge in [0.15, 0.2) is 17.5 Å². The van der Waals surface area contributed by atoms with Crippen molar-refractivity contribution in [3.8, 4) is 73.2 Å². The first kappa shape index (κ1) is 37.2. The number of hydrogen-bond acceptors (Lipinski definition) is 4. The lowest BCUT2D eigenvalue weighted by atomic mass is 9.82. The fraction of sp³-hybridized carbons (Fsp3) is 0.0500. The summed E-state index contributed by atoms with van der Waals surface area (Å²) in [6, 6.07) is 73.2. The second-order valence-electron chi connectivity index (χ2n) is 17.6. The summed E-state index contributed by atoms with van der Waals surface area (Å²) in [5, 5.41) is 4.59. The van der Waals surface area contributed by atoms with E-state index >= 15 is 0 Å². The predicted molar refractivity (Wildman–Crippen MR) is 266 cm³/mol. The maximum Gasteiger partial charge on any atom is 0.164 e. The van der Waals surface area contributed by atoms with Crippen molar-refractivity contribution >= 4 is 43.7 Å². The molecule has 0 bridgehead atoms. The van der Waals surface area contributed by atoms with E-state index in [2.05, 4.69) is 194 Å². The van der Waals surface area contributed by atoms with Gasteiger partial charge in [0.1, 0.15) is 11.2 Å². The average molecular weight is 833 g/mol. The summed E-state index contributed by atoms with van der Waals surface area (Å²) in [6.07, 6.45) is 0. The first-order valence-electron chi connectivity index (χ1n) is 22.2. The van der Waals surface area contributed by atoms with Gasteiger partial charge < -0.3 is 8.98 Å². The normalized spacial score (nSPS) is 12.9. The summed E-state index contributed by atoms with van der Waals surface area (Å²) < 4.78 is 8.73. The quantitative estimate of drug-likeness (QED) is 0.167. The highest BCUT2D eigenvalue weighted by atomic mass is 16.3. The molecule has 0 unspecified atom stereocenters. The molecule has 0 saturated heterocycles. The van der Waals surface area contributed by atoms with Gasteiger partial charge >= 0.3 is 0 Å². The molecule has 0 saturated carbocycles. The number of hydrogen-bond donors (Lipinski definition) is 0. The number of furan rings is 1. The topological polar surface area (TPSA) is 56.7 Å². The van der Waals surface area contributed by atoms with Crippen molar-refractivity contribution in [2.24, 2.45) is 0 Å². The third-order valence-electron chi connectivity index (χ3n) is 13.5. The molecule has 0 aliphatic heterocycles. The molecular weight excluding hydrogens is 793 g/mol. The van der Waals surface area contributed by atoms with Crippen molar-refractivity contribution < 1.29 is 4.42 Å². The zero-order valence-electron chi connectivity index (χ0n) is 35.8. The molecule has 0 N–H and O–H groups in total. The number of rotatable bonds is 6. The Labute approximate surface area is 376 Å². The van der Waals surface area contributed by atoms with Crippen molar-refractivity contribution in [1.82, 2.24) is 19.5 Å². The van der Waals surface area contributed by atoms with Gasteiger partial charge in [-0.15, -0.1) is 0 Å². The Hall–Kier alpha value is -8.41. The Morgan fingerprint density at radius 3 is 1.77 bits per heavy atom. The molecule has 5 nitrogen and oxygen atoms in total. The highest BCUT2D eigenvalue weighted by Crippen LogP contribution is 2.49. The van der Waals surface area contributed by atoms with E-state index in [-0.39, 0.29) is 5.41 Å². The molecular formula is C60H40N4O. The second-order valence-corrected chi connectivity index (χ2v) is 17.6. The summed E-state index contributed by atoms with van der Waals surface area (Å²) >= 11 is 0. The van der Waals surface area contributed by atoms with E-state index in [0.717, 1.165) is 77.6 Å². The molecule has 1 aliphatic carbocycles. The monoisotopic (exact) mass is 832 g/mol. The highest BCUT2D eigenvalue weighted by molar-refractivity contribution is 6.15. The molecule has 13 rings (SSSR count). The van der Waals surface area contributed by atoms with E-state index in [0.29, 0.717) is 17.5 Å². The van der Waals surface area contributed by atoms with Gasteiger partial charge in [-0.05, 0) is 81.4 Å². The summed E-state index contributed by atoms with van der Waals surface area (Å²) in [4.78, 5) is 15.7. The van der Waals surface area contributed by atoms with E-state index in [1.165, 1.54) is 33.0 Å². The molecule has 0 spiro atoms. The van der Waals surface area contributed by atoms with Crippen LogP contribution < -0.4 is 0 Å². The molecule has 5 heteroatoms. The first-order chi connectivity index (χ1) is 32.0. The zero-order chi connectivity index (χ0) is 43.2. The Bertz CT molecular complexity index is 3860. The summed E-state index contributed by atoms with van der Waals surface area (Å²) in [7, 11) is 0. The largest absolute Gasteiger partial charge is 0.456 e. The number of para-hydroxylation sites is 2. The van der Waals surface area contributed by atoms with E-state index in [1.807, 2.05) is 30.3 Å². The molecule has 306 valence electrons. The van der Waals surface area contributed by atoms with Crippen LogP contribution in [-0.4, -0.2) is 19.5 Å². The third-order valence-corrected chi connectivity index (χ3v) is 13.5. The van der Waals surface area contributed by atoms with Gasteiger partial charge in [0.2, 0.25) is 0 Å². The average Bonchev–Trinajstić information content (AvgIpc) is 3.99. The number of aromatic nitrogens is 4. The van der Waals surface area contributed by atoms with E-state index in [1.54, 1.807) is 0 Å². The van der Waals surface area contributed by atoms with Crippen molar-refractivity contribution in [2.45, 2.75) is 19.3 Å². The number of fused-ring (bicyclic) bond motifs is 9. The summed E-state index contributed by atoms with van der Waals surface area (Å²) in [5.41, 5.74) is 17.4. The van der Waals surface area contributed by atoms with Crippen LogP contribution in [0.3, 0.4) is 0 Å². The summed E-state index contributed by atoms with van der Waals surface area (Å²) in [6.45, 7) is 4.61. The van der Waals surface area contributed by atoms with Gasteiger partial charge in [-0.2, -0.15) is 0 Å². The number of nitrogens with zero attached hydrogens (tertiary/aromatic N) is 4.